The number of non-ortho nitro benzene ring substituents is 1. The van der Waals surface area contributed by atoms with E-state index >= 15 is 0 Å². The summed E-state index contributed by atoms with van der Waals surface area (Å²) < 4.78 is 1.13. The average molecular weight is 380 g/mol. The number of nitro groups is 1. The quantitative estimate of drug-likeness (QED) is 0.552. The molecular weight excluding hydrogens is 360 g/mol. The van der Waals surface area contributed by atoms with Gasteiger partial charge in [0.1, 0.15) is 6.54 Å². The lowest BCUT2D eigenvalue weighted by atomic mass is 9.87. The molecule has 8 heteroatoms. The van der Waals surface area contributed by atoms with Crippen LogP contribution in [0.15, 0.2) is 53.6 Å². The van der Waals surface area contributed by atoms with Crippen LogP contribution in [0.4, 0.5) is 11.4 Å². The largest absolute Gasteiger partial charge is 0.325 e. The minimum Gasteiger partial charge on any atom is -0.325 e. The first-order chi connectivity index (χ1) is 13.1. The number of nitrogens with one attached hydrogen (secondary N) is 1. The molecule has 0 aliphatic carbocycles. The van der Waals surface area contributed by atoms with Crippen molar-refractivity contribution in [2.24, 2.45) is 0 Å². The van der Waals surface area contributed by atoms with Gasteiger partial charge in [-0.05, 0) is 29.2 Å². The van der Waals surface area contributed by atoms with E-state index in [4.69, 9.17) is 0 Å². The summed E-state index contributed by atoms with van der Waals surface area (Å²) in [6.45, 7) is 6.06. The van der Waals surface area contributed by atoms with E-state index in [1.54, 1.807) is 0 Å². The number of carbonyl (C=O) groups excluding carboxylic acids is 1. The minimum atomic E-state index is -0.579. The molecule has 0 saturated carbocycles. The van der Waals surface area contributed by atoms with Gasteiger partial charge < -0.3 is 5.32 Å². The van der Waals surface area contributed by atoms with E-state index in [0.29, 0.717) is 11.2 Å². The van der Waals surface area contributed by atoms with Crippen LogP contribution in [0.3, 0.4) is 0 Å². The Morgan fingerprint density at radius 1 is 1.18 bits per heavy atom. The van der Waals surface area contributed by atoms with Crippen LogP contribution in [0.2, 0.25) is 0 Å². The number of fused-ring (bicyclic) bond motifs is 1. The number of rotatable bonds is 4. The van der Waals surface area contributed by atoms with Gasteiger partial charge >= 0.3 is 0 Å². The molecule has 3 aromatic rings. The maximum atomic E-state index is 12.6. The van der Waals surface area contributed by atoms with Gasteiger partial charge in [0.15, 0.2) is 0 Å². The highest BCUT2D eigenvalue weighted by Gasteiger charge is 2.14. The topological polar surface area (TPSA) is 107 Å². The van der Waals surface area contributed by atoms with Gasteiger partial charge in [-0.2, -0.15) is 0 Å². The second-order valence-corrected chi connectivity index (χ2v) is 7.51. The van der Waals surface area contributed by atoms with Crippen molar-refractivity contribution in [1.29, 1.82) is 0 Å². The highest BCUT2D eigenvalue weighted by Crippen LogP contribution is 2.23. The van der Waals surface area contributed by atoms with Crippen molar-refractivity contribution in [3.63, 3.8) is 0 Å². The number of aromatic nitrogens is 2. The van der Waals surface area contributed by atoms with Crippen LogP contribution in [-0.4, -0.2) is 20.4 Å². The number of nitro benzene ring substituents is 1. The third-order valence-corrected chi connectivity index (χ3v) is 4.37. The summed E-state index contributed by atoms with van der Waals surface area (Å²) in [5.74, 6) is -0.391. The molecule has 0 atom stereocenters. The van der Waals surface area contributed by atoms with Crippen molar-refractivity contribution in [2.45, 2.75) is 32.7 Å². The normalized spacial score (nSPS) is 11.4. The Morgan fingerprint density at radius 2 is 1.86 bits per heavy atom. The Kier molecular flexibility index (Phi) is 4.96. The molecule has 1 N–H and O–H groups in total. The van der Waals surface area contributed by atoms with Gasteiger partial charge in [0, 0.05) is 17.8 Å². The number of hydrogen-bond donors (Lipinski definition) is 1. The predicted molar refractivity (Wildman–Crippen MR) is 106 cm³/mol. The van der Waals surface area contributed by atoms with Gasteiger partial charge in [0.05, 0.1) is 22.2 Å². The standard InChI is InChI=1S/C20H20N4O4/c1-20(2,3)13-4-6-14(7-5-13)22-18(25)11-23-12-21-17-9-8-15(24(27)28)10-16(17)19(23)26/h4-10,12H,11H2,1-3H3,(H,22,25). The zero-order valence-electron chi connectivity index (χ0n) is 15.8. The van der Waals surface area contributed by atoms with E-state index in [1.165, 1.54) is 24.5 Å². The van der Waals surface area contributed by atoms with E-state index in [2.05, 4.69) is 31.1 Å². The van der Waals surface area contributed by atoms with Crippen molar-refractivity contribution in [3.05, 3.63) is 74.8 Å². The van der Waals surface area contributed by atoms with Crippen LogP contribution in [0, 0.1) is 10.1 Å². The molecule has 0 radical (unpaired) electrons. The maximum absolute atomic E-state index is 12.6. The fraction of sp³-hybridized carbons (Fsp3) is 0.250. The highest BCUT2D eigenvalue weighted by molar-refractivity contribution is 5.90. The van der Waals surface area contributed by atoms with Crippen LogP contribution in [0.1, 0.15) is 26.3 Å². The van der Waals surface area contributed by atoms with Crippen molar-refractivity contribution in [2.75, 3.05) is 5.32 Å². The van der Waals surface area contributed by atoms with Gasteiger partial charge in [0.2, 0.25) is 5.91 Å². The van der Waals surface area contributed by atoms with E-state index in [0.717, 1.165) is 10.1 Å². The third-order valence-electron chi connectivity index (χ3n) is 4.37. The molecule has 0 unspecified atom stereocenters. The van der Waals surface area contributed by atoms with Gasteiger partial charge in [-0.3, -0.25) is 24.3 Å². The summed E-state index contributed by atoms with van der Waals surface area (Å²) in [5, 5.41) is 13.8. The number of benzene rings is 2. The van der Waals surface area contributed by atoms with Gasteiger partial charge in [0.25, 0.3) is 11.2 Å². The predicted octanol–water partition coefficient (Wildman–Crippen LogP) is 3.24. The van der Waals surface area contributed by atoms with Crippen LogP contribution in [-0.2, 0) is 16.8 Å². The summed E-state index contributed by atoms with van der Waals surface area (Å²) in [6, 6.07) is 11.4. The summed E-state index contributed by atoms with van der Waals surface area (Å²) >= 11 is 0. The molecule has 0 spiro atoms. The molecule has 0 saturated heterocycles. The first kappa shape index (κ1) is 19.2. The Balaban J connectivity index is 1.80. The molecule has 28 heavy (non-hydrogen) atoms. The second-order valence-electron chi connectivity index (χ2n) is 7.51. The zero-order valence-corrected chi connectivity index (χ0v) is 15.8. The molecule has 1 heterocycles. The zero-order chi connectivity index (χ0) is 20.5. The van der Waals surface area contributed by atoms with Crippen molar-refractivity contribution in [1.82, 2.24) is 9.55 Å². The Labute approximate surface area is 161 Å². The van der Waals surface area contributed by atoms with Crippen LogP contribution >= 0.6 is 0 Å². The molecule has 144 valence electrons. The molecule has 0 fully saturated rings. The lowest BCUT2D eigenvalue weighted by Gasteiger charge is -2.19. The molecule has 1 amide bonds. The average Bonchev–Trinajstić information content (AvgIpc) is 2.63. The Bertz CT molecular complexity index is 1110. The van der Waals surface area contributed by atoms with Gasteiger partial charge in [-0.15, -0.1) is 0 Å². The second kappa shape index (κ2) is 7.22. The third kappa shape index (κ3) is 4.06. The number of anilines is 1. The molecule has 0 bridgehead atoms. The van der Waals surface area contributed by atoms with Crippen LogP contribution < -0.4 is 10.9 Å². The van der Waals surface area contributed by atoms with E-state index < -0.39 is 16.4 Å². The van der Waals surface area contributed by atoms with Gasteiger partial charge in [-0.25, -0.2) is 4.98 Å². The smallest absolute Gasteiger partial charge is 0.270 e. The maximum Gasteiger partial charge on any atom is 0.270 e. The Hall–Kier alpha value is -3.55. The fourth-order valence-corrected chi connectivity index (χ4v) is 2.78. The minimum absolute atomic E-state index is 0.00915. The van der Waals surface area contributed by atoms with Crippen LogP contribution in [0.25, 0.3) is 10.9 Å². The number of carbonyl (C=O) groups is 1. The summed E-state index contributed by atoms with van der Waals surface area (Å²) in [7, 11) is 0. The lowest BCUT2D eigenvalue weighted by Crippen LogP contribution is -2.28. The van der Waals surface area contributed by atoms with E-state index in [-0.39, 0.29) is 23.0 Å². The molecule has 8 nitrogen and oxygen atoms in total. The first-order valence-electron chi connectivity index (χ1n) is 8.69. The lowest BCUT2D eigenvalue weighted by molar-refractivity contribution is -0.384. The van der Waals surface area contributed by atoms with Crippen molar-refractivity contribution in [3.8, 4) is 0 Å². The van der Waals surface area contributed by atoms with Gasteiger partial charge in [-0.1, -0.05) is 32.9 Å². The molecule has 2 aromatic carbocycles. The Morgan fingerprint density at radius 3 is 2.46 bits per heavy atom. The highest BCUT2D eigenvalue weighted by atomic mass is 16.6. The SMILES string of the molecule is CC(C)(C)c1ccc(NC(=O)Cn2cnc3ccc([N+](=O)[O-])cc3c2=O)cc1. The molecule has 0 aliphatic rings. The first-order valence-corrected chi connectivity index (χ1v) is 8.69. The molecule has 1 aromatic heterocycles. The van der Waals surface area contributed by atoms with Crippen molar-refractivity contribution >= 4 is 28.2 Å². The number of hydrogen-bond acceptors (Lipinski definition) is 5. The van der Waals surface area contributed by atoms with E-state index in [1.807, 2.05) is 24.3 Å². The molecule has 0 aliphatic heterocycles. The summed E-state index contributed by atoms with van der Waals surface area (Å²) in [4.78, 5) is 39.3. The van der Waals surface area contributed by atoms with Crippen LogP contribution in [0.5, 0.6) is 0 Å². The number of nitrogens with zero attached hydrogens (tertiary/aromatic N) is 3. The number of amides is 1. The molecular formula is C20H20N4O4. The van der Waals surface area contributed by atoms with Crippen molar-refractivity contribution < 1.29 is 9.72 Å². The summed E-state index contributed by atoms with van der Waals surface area (Å²) in [6.07, 6.45) is 1.26. The monoisotopic (exact) mass is 380 g/mol. The fourth-order valence-electron chi connectivity index (χ4n) is 2.78. The molecule has 3 rings (SSSR count). The summed E-state index contributed by atoms with van der Waals surface area (Å²) in [5.41, 5.74) is 1.40. The van der Waals surface area contributed by atoms with E-state index in [9.17, 15) is 19.7 Å².